The molecule has 0 atom stereocenters. The standard InChI is InChI=1S/C16H21FN4O3/c1-2-18-16(24)19-14(22)11-20-7-9-21(10-8-20)15(23)12-3-5-13(17)6-4-12/h3-6H,2,7-11H2,1H3,(H2,18,19,22,24). The number of hydrogen-bond acceptors (Lipinski definition) is 4. The minimum absolute atomic E-state index is 0.107. The van der Waals surface area contributed by atoms with Gasteiger partial charge in [-0.15, -0.1) is 0 Å². The second kappa shape index (κ2) is 8.39. The minimum Gasteiger partial charge on any atom is -0.338 e. The van der Waals surface area contributed by atoms with Crippen LogP contribution in [0.3, 0.4) is 0 Å². The SMILES string of the molecule is CCNC(=O)NC(=O)CN1CCN(C(=O)c2ccc(F)cc2)CC1. The number of halogens is 1. The topological polar surface area (TPSA) is 81.8 Å². The summed E-state index contributed by atoms with van der Waals surface area (Å²) in [6, 6.07) is 4.94. The van der Waals surface area contributed by atoms with E-state index in [9.17, 15) is 18.8 Å². The summed E-state index contributed by atoms with van der Waals surface area (Å²) >= 11 is 0. The molecule has 0 radical (unpaired) electrons. The number of nitrogens with zero attached hydrogens (tertiary/aromatic N) is 2. The molecule has 0 spiro atoms. The molecule has 2 N–H and O–H groups in total. The van der Waals surface area contributed by atoms with Gasteiger partial charge in [0.2, 0.25) is 5.91 Å². The first-order valence-corrected chi connectivity index (χ1v) is 7.84. The molecule has 2 rings (SSSR count). The van der Waals surface area contributed by atoms with Gasteiger partial charge in [-0.3, -0.25) is 19.8 Å². The van der Waals surface area contributed by atoms with E-state index in [0.717, 1.165) is 0 Å². The maximum absolute atomic E-state index is 12.9. The van der Waals surface area contributed by atoms with E-state index in [2.05, 4.69) is 10.6 Å². The predicted octanol–water partition coefficient (Wildman–Crippen LogP) is 0.429. The zero-order chi connectivity index (χ0) is 17.5. The predicted molar refractivity (Wildman–Crippen MR) is 86.0 cm³/mol. The molecular weight excluding hydrogens is 315 g/mol. The molecule has 8 heteroatoms. The van der Waals surface area contributed by atoms with Crippen molar-refractivity contribution in [3.63, 3.8) is 0 Å². The third-order valence-corrected chi connectivity index (χ3v) is 3.71. The molecule has 0 saturated carbocycles. The van der Waals surface area contributed by atoms with Gasteiger partial charge in [-0.1, -0.05) is 0 Å². The van der Waals surface area contributed by atoms with E-state index < -0.39 is 6.03 Å². The smallest absolute Gasteiger partial charge is 0.321 e. The normalized spacial score (nSPS) is 15.0. The minimum atomic E-state index is -0.507. The highest BCUT2D eigenvalue weighted by Crippen LogP contribution is 2.09. The first kappa shape index (κ1) is 17.9. The Balaban J connectivity index is 1.78. The number of carbonyl (C=O) groups is 3. The molecular formula is C16H21FN4O3. The van der Waals surface area contributed by atoms with Crippen molar-refractivity contribution in [2.45, 2.75) is 6.92 Å². The lowest BCUT2D eigenvalue weighted by atomic mass is 10.2. The van der Waals surface area contributed by atoms with Crippen molar-refractivity contribution in [1.82, 2.24) is 20.4 Å². The number of benzene rings is 1. The van der Waals surface area contributed by atoms with Crippen LogP contribution < -0.4 is 10.6 Å². The van der Waals surface area contributed by atoms with Crippen LogP contribution in [0.1, 0.15) is 17.3 Å². The fourth-order valence-corrected chi connectivity index (χ4v) is 2.46. The number of piperazine rings is 1. The fraction of sp³-hybridized carbons (Fsp3) is 0.438. The quantitative estimate of drug-likeness (QED) is 0.835. The second-order valence-electron chi connectivity index (χ2n) is 5.48. The summed E-state index contributed by atoms with van der Waals surface area (Å²) in [5, 5.41) is 4.74. The Hall–Kier alpha value is -2.48. The fourth-order valence-electron chi connectivity index (χ4n) is 2.46. The monoisotopic (exact) mass is 336 g/mol. The van der Waals surface area contributed by atoms with Crippen molar-refractivity contribution in [3.05, 3.63) is 35.6 Å². The van der Waals surface area contributed by atoms with Gasteiger partial charge in [-0.25, -0.2) is 9.18 Å². The molecule has 1 fully saturated rings. The van der Waals surface area contributed by atoms with Crippen LogP contribution in [0.15, 0.2) is 24.3 Å². The Morgan fingerprint density at radius 2 is 1.71 bits per heavy atom. The van der Waals surface area contributed by atoms with Crippen molar-refractivity contribution in [3.8, 4) is 0 Å². The maximum Gasteiger partial charge on any atom is 0.321 e. The third-order valence-electron chi connectivity index (χ3n) is 3.71. The van der Waals surface area contributed by atoms with E-state index >= 15 is 0 Å². The zero-order valence-electron chi connectivity index (χ0n) is 13.5. The number of hydrogen-bond donors (Lipinski definition) is 2. The molecule has 7 nitrogen and oxygen atoms in total. The zero-order valence-corrected chi connectivity index (χ0v) is 13.5. The molecule has 1 aliphatic rings. The number of carbonyl (C=O) groups excluding carboxylic acids is 3. The highest BCUT2D eigenvalue weighted by Gasteiger charge is 2.23. The molecule has 1 heterocycles. The van der Waals surface area contributed by atoms with Crippen molar-refractivity contribution < 1.29 is 18.8 Å². The average molecular weight is 336 g/mol. The highest BCUT2D eigenvalue weighted by atomic mass is 19.1. The summed E-state index contributed by atoms with van der Waals surface area (Å²) in [6.07, 6.45) is 0. The first-order chi connectivity index (χ1) is 11.5. The molecule has 1 aliphatic heterocycles. The number of urea groups is 1. The molecule has 1 aromatic rings. The molecule has 0 aromatic heterocycles. The molecule has 4 amide bonds. The van der Waals surface area contributed by atoms with Crippen LogP contribution in [-0.2, 0) is 4.79 Å². The van der Waals surface area contributed by atoms with E-state index in [0.29, 0.717) is 38.3 Å². The van der Waals surface area contributed by atoms with Gasteiger partial charge in [0.05, 0.1) is 6.54 Å². The molecule has 1 saturated heterocycles. The molecule has 0 bridgehead atoms. The lowest BCUT2D eigenvalue weighted by Crippen LogP contribution is -2.52. The van der Waals surface area contributed by atoms with Crippen LogP contribution in [0.2, 0.25) is 0 Å². The third kappa shape index (κ3) is 5.02. The number of amides is 4. The number of imide groups is 1. The van der Waals surface area contributed by atoms with Gasteiger partial charge in [0, 0.05) is 38.3 Å². The van der Waals surface area contributed by atoms with Crippen molar-refractivity contribution in [1.29, 1.82) is 0 Å². The van der Waals surface area contributed by atoms with Crippen LogP contribution in [0, 0.1) is 5.82 Å². The van der Waals surface area contributed by atoms with Gasteiger partial charge in [-0.2, -0.15) is 0 Å². The Labute approximate surface area is 139 Å². The van der Waals surface area contributed by atoms with Crippen molar-refractivity contribution >= 4 is 17.8 Å². The summed E-state index contributed by atoms with van der Waals surface area (Å²) < 4.78 is 12.9. The van der Waals surface area contributed by atoms with Crippen LogP contribution >= 0.6 is 0 Å². The van der Waals surface area contributed by atoms with E-state index in [1.807, 2.05) is 4.90 Å². The molecule has 0 unspecified atom stereocenters. The summed E-state index contributed by atoms with van der Waals surface area (Å²) in [5.41, 5.74) is 0.443. The van der Waals surface area contributed by atoms with Crippen molar-refractivity contribution in [2.75, 3.05) is 39.3 Å². The summed E-state index contributed by atoms with van der Waals surface area (Å²) in [4.78, 5) is 38.9. The molecule has 1 aromatic carbocycles. The van der Waals surface area contributed by atoms with Crippen LogP contribution in [0.4, 0.5) is 9.18 Å². The van der Waals surface area contributed by atoms with Gasteiger partial charge >= 0.3 is 6.03 Å². The van der Waals surface area contributed by atoms with Gasteiger partial charge in [-0.05, 0) is 31.2 Å². The van der Waals surface area contributed by atoms with E-state index in [4.69, 9.17) is 0 Å². The van der Waals surface area contributed by atoms with Crippen LogP contribution in [0.5, 0.6) is 0 Å². The van der Waals surface area contributed by atoms with Gasteiger partial charge in [0.15, 0.2) is 0 Å². The summed E-state index contributed by atoms with van der Waals surface area (Å²) in [5.74, 6) is -0.907. The van der Waals surface area contributed by atoms with Gasteiger partial charge < -0.3 is 10.2 Å². The molecule has 24 heavy (non-hydrogen) atoms. The van der Waals surface area contributed by atoms with Crippen LogP contribution in [0.25, 0.3) is 0 Å². The van der Waals surface area contributed by atoms with Crippen LogP contribution in [-0.4, -0.2) is 66.9 Å². The Morgan fingerprint density at radius 3 is 2.29 bits per heavy atom. The van der Waals surface area contributed by atoms with Gasteiger partial charge in [0.1, 0.15) is 5.82 Å². The van der Waals surface area contributed by atoms with E-state index in [1.165, 1.54) is 24.3 Å². The molecule has 0 aliphatic carbocycles. The molecule has 130 valence electrons. The lowest BCUT2D eigenvalue weighted by Gasteiger charge is -2.34. The largest absolute Gasteiger partial charge is 0.338 e. The van der Waals surface area contributed by atoms with Gasteiger partial charge in [0.25, 0.3) is 5.91 Å². The van der Waals surface area contributed by atoms with E-state index in [1.54, 1.807) is 11.8 Å². The second-order valence-corrected chi connectivity index (χ2v) is 5.48. The Morgan fingerprint density at radius 1 is 1.08 bits per heavy atom. The van der Waals surface area contributed by atoms with E-state index in [-0.39, 0.29) is 24.2 Å². The maximum atomic E-state index is 12.9. The first-order valence-electron chi connectivity index (χ1n) is 7.84. The summed E-state index contributed by atoms with van der Waals surface area (Å²) in [7, 11) is 0. The highest BCUT2D eigenvalue weighted by molar-refractivity contribution is 5.95. The Kier molecular flexibility index (Phi) is 6.25. The lowest BCUT2D eigenvalue weighted by molar-refractivity contribution is -0.121. The van der Waals surface area contributed by atoms with Crippen molar-refractivity contribution in [2.24, 2.45) is 0 Å². The Bertz CT molecular complexity index is 598. The number of nitrogens with one attached hydrogen (secondary N) is 2. The average Bonchev–Trinajstić information content (AvgIpc) is 2.55. The summed E-state index contributed by atoms with van der Waals surface area (Å²) in [6.45, 7) is 4.35. The number of rotatable bonds is 4.